The van der Waals surface area contributed by atoms with Gasteiger partial charge >= 0.3 is 0 Å². The molecule has 2 N–H and O–H groups in total. The number of nitrogens with zero attached hydrogens (tertiary/aromatic N) is 3. The molecule has 0 aliphatic carbocycles. The average molecular weight is 465 g/mol. The van der Waals surface area contributed by atoms with Crippen LogP contribution in [0, 0.1) is 0 Å². The van der Waals surface area contributed by atoms with Crippen LogP contribution in [0.3, 0.4) is 0 Å². The molecule has 8 heteroatoms. The summed E-state index contributed by atoms with van der Waals surface area (Å²) in [5.74, 6) is 2.00. The summed E-state index contributed by atoms with van der Waals surface area (Å²) in [4.78, 5) is 21.8. The van der Waals surface area contributed by atoms with Crippen LogP contribution in [0.4, 0.5) is 0 Å². The van der Waals surface area contributed by atoms with E-state index in [2.05, 4.69) is 48.3 Å². The predicted molar refractivity (Wildman–Crippen MR) is 111 cm³/mol. The van der Waals surface area contributed by atoms with Crippen LogP contribution in [0.15, 0.2) is 15.6 Å². The molecule has 0 aromatic carbocycles. The normalized spacial score (nSPS) is 11.7. The van der Waals surface area contributed by atoms with E-state index in [9.17, 15) is 4.79 Å². The second-order valence-electron chi connectivity index (χ2n) is 6.96. The van der Waals surface area contributed by atoms with Crippen molar-refractivity contribution in [3.63, 3.8) is 0 Å². The zero-order valence-corrected chi connectivity index (χ0v) is 18.5. The highest BCUT2D eigenvalue weighted by atomic mass is 127. The number of oxazole rings is 1. The summed E-state index contributed by atoms with van der Waals surface area (Å²) in [7, 11) is 3.44. The van der Waals surface area contributed by atoms with Gasteiger partial charge in [0.15, 0.2) is 5.96 Å². The van der Waals surface area contributed by atoms with Gasteiger partial charge in [0.2, 0.25) is 11.8 Å². The number of aliphatic imine (C=N–C) groups is 1. The van der Waals surface area contributed by atoms with Crippen molar-refractivity contribution in [3.8, 4) is 0 Å². The minimum Gasteiger partial charge on any atom is -0.443 e. The number of carbonyl (C=O) groups excluding carboxylic acids is 1. The van der Waals surface area contributed by atoms with Gasteiger partial charge in [0.1, 0.15) is 12.3 Å². The molecule has 0 aliphatic rings. The molecule has 0 spiro atoms. The number of guanidine groups is 1. The molecular formula is C17H32IN5O2. The van der Waals surface area contributed by atoms with E-state index in [-0.39, 0.29) is 41.8 Å². The van der Waals surface area contributed by atoms with Crippen molar-refractivity contribution in [2.75, 3.05) is 27.2 Å². The second kappa shape index (κ2) is 11.3. The minimum atomic E-state index is -0.0698. The Morgan fingerprint density at radius 3 is 2.52 bits per heavy atom. The van der Waals surface area contributed by atoms with Crippen LogP contribution < -0.4 is 10.6 Å². The first-order chi connectivity index (χ1) is 11.2. The molecule has 0 atom stereocenters. The third kappa shape index (κ3) is 9.08. The van der Waals surface area contributed by atoms with Crippen LogP contribution >= 0.6 is 24.0 Å². The van der Waals surface area contributed by atoms with E-state index in [0.29, 0.717) is 18.4 Å². The van der Waals surface area contributed by atoms with Crippen molar-refractivity contribution in [3.05, 3.63) is 17.8 Å². The smallest absolute Gasteiger partial charge is 0.243 e. The number of amides is 1. The highest BCUT2D eigenvalue weighted by Crippen LogP contribution is 2.22. The fourth-order valence-electron chi connectivity index (χ4n) is 1.74. The minimum absolute atomic E-state index is 0. The SMILES string of the molecule is CCCCNC(=NCC(=O)N(C)C)NCc1ncc(C(C)(C)C)o1.I. The maximum absolute atomic E-state index is 11.7. The van der Waals surface area contributed by atoms with Gasteiger partial charge in [0.25, 0.3) is 0 Å². The molecule has 0 saturated heterocycles. The van der Waals surface area contributed by atoms with Crippen molar-refractivity contribution in [2.24, 2.45) is 4.99 Å². The van der Waals surface area contributed by atoms with Crippen molar-refractivity contribution in [1.29, 1.82) is 0 Å². The van der Waals surface area contributed by atoms with Gasteiger partial charge in [0, 0.05) is 26.1 Å². The van der Waals surface area contributed by atoms with Gasteiger partial charge in [-0.3, -0.25) is 4.79 Å². The Morgan fingerprint density at radius 2 is 2.00 bits per heavy atom. The maximum Gasteiger partial charge on any atom is 0.243 e. The van der Waals surface area contributed by atoms with Crippen LogP contribution in [0.5, 0.6) is 0 Å². The first-order valence-electron chi connectivity index (χ1n) is 8.41. The molecule has 1 heterocycles. The number of rotatable bonds is 7. The lowest BCUT2D eigenvalue weighted by Crippen LogP contribution is -2.38. The van der Waals surface area contributed by atoms with E-state index < -0.39 is 0 Å². The van der Waals surface area contributed by atoms with Crippen LogP contribution in [0.2, 0.25) is 0 Å². The molecule has 1 rings (SSSR count). The van der Waals surface area contributed by atoms with E-state index in [0.717, 1.165) is 25.1 Å². The molecule has 1 amide bonds. The highest BCUT2D eigenvalue weighted by molar-refractivity contribution is 14.0. The summed E-state index contributed by atoms with van der Waals surface area (Å²) in [5.41, 5.74) is -0.0698. The third-order valence-electron chi connectivity index (χ3n) is 3.39. The zero-order valence-electron chi connectivity index (χ0n) is 16.2. The molecule has 0 fully saturated rings. The van der Waals surface area contributed by atoms with Gasteiger partial charge in [-0.15, -0.1) is 24.0 Å². The summed E-state index contributed by atoms with van der Waals surface area (Å²) >= 11 is 0. The van der Waals surface area contributed by atoms with Gasteiger partial charge < -0.3 is 20.0 Å². The molecule has 144 valence electrons. The third-order valence-corrected chi connectivity index (χ3v) is 3.39. The van der Waals surface area contributed by atoms with E-state index in [4.69, 9.17) is 4.42 Å². The lowest BCUT2D eigenvalue weighted by Gasteiger charge is -2.14. The number of hydrogen-bond acceptors (Lipinski definition) is 4. The Bertz CT molecular complexity index is 549. The monoisotopic (exact) mass is 465 g/mol. The van der Waals surface area contributed by atoms with Crippen molar-refractivity contribution in [2.45, 2.75) is 52.5 Å². The lowest BCUT2D eigenvalue weighted by atomic mass is 9.94. The molecule has 0 bridgehead atoms. The lowest BCUT2D eigenvalue weighted by molar-refractivity contribution is -0.127. The van der Waals surface area contributed by atoms with E-state index >= 15 is 0 Å². The molecule has 0 radical (unpaired) electrons. The standard InChI is InChI=1S/C17H31N5O2.HI/c1-7-8-9-18-16(21-12-15(23)22(5)6)20-11-14-19-10-13(24-14)17(2,3)4;/h10H,7-9,11-12H2,1-6H3,(H2,18,20,21);1H. The second-order valence-corrected chi connectivity index (χ2v) is 6.96. The van der Waals surface area contributed by atoms with Crippen LogP contribution in [0.25, 0.3) is 0 Å². The first kappa shape index (κ1) is 23.7. The highest BCUT2D eigenvalue weighted by Gasteiger charge is 2.19. The molecule has 1 aromatic rings. The number of hydrogen-bond donors (Lipinski definition) is 2. The number of aromatic nitrogens is 1. The molecule has 7 nitrogen and oxygen atoms in total. The van der Waals surface area contributed by atoms with Gasteiger partial charge in [-0.25, -0.2) is 9.98 Å². The molecule has 1 aromatic heterocycles. The molecule has 0 aliphatic heterocycles. The van der Waals surface area contributed by atoms with Gasteiger partial charge in [-0.1, -0.05) is 34.1 Å². The average Bonchev–Trinajstić information content (AvgIpc) is 2.98. The number of nitrogens with one attached hydrogen (secondary N) is 2. The van der Waals surface area contributed by atoms with Crippen LogP contribution in [-0.4, -0.2) is 48.9 Å². The summed E-state index contributed by atoms with van der Waals surface area (Å²) in [5, 5.41) is 6.39. The summed E-state index contributed by atoms with van der Waals surface area (Å²) in [6.07, 6.45) is 3.88. The number of likely N-dealkylation sites (N-methyl/N-ethyl adjacent to an activating group) is 1. The Hall–Kier alpha value is -1.32. The quantitative estimate of drug-likeness (QED) is 0.280. The number of unbranched alkanes of at least 4 members (excludes halogenated alkanes) is 1. The first-order valence-corrected chi connectivity index (χ1v) is 8.41. The van der Waals surface area contributed by atoms with Gasteiger partial charge in [0.05, 0.1) is 12.7 Å². The van der Waals surface area contributed by atoms with Crippen LogP contribution in [0.1, 0.15) is 52.2 Å². The number of halogens is 1. The van der Waals surface area contributed by atoms with E-state index in [1.165, 1.54) is 4.90 Å². The fourth-order valence-corrected chi connectivity index (χ4v) is 1.74. The zero-order chi connectivity index (χ0) is 18.2. The summed E-state index contributed by atoms with van der Waals surface area (Å²) in [6, 6.07) is 0. The maximum atomic E-state index is 11.7. The summed E-state index contributed by atoms with van der Waals surface area (Å²) in [6.45, 7) is 9.70. The Kier molecular flexibility index (Phi) is 10.7. The summed E-state index contributed by atoms with van der Waals surface area (Å²) < 4.78 is 5.76. The number of carbonyl (C=O) groups is 1. The van der Waals surface area contributed by atoms with Crippen molar-refractivity contribution < 1.29 is 9.21 Å². The molecule has 0 saturated carbocycles. The van der Waals surface area contributed by atoms with E-state index in [1.807, 2.05) is 0 Å². The Balaban J connectivity index is 0.00000576. The van der Waals surface area contributed by atoms with Gasteiger partial charge in [-0.05, 0) is 6.42 Å². The Morgan fingerprint density at radius 1 is 1.32 bits per heavy atom. The largest absolute Gasteiger partial charge is 0.443 e. The molecule has 25 heavy (non-hydrogen) atoms. The van der Waals surface area contributed by atoms with E-state index in [1.54, 1.807) is 20.3 Å². The van der Waals surface area contributed by atoms with Crippen molar-refractivity contribution in [1.82, 2.24) is 20.5 Å². The van der Waals surface area contributed by atoms with Crippen molar-refractivity contribution >= 4 is 35.8 Å². The van der Waals surface area contributed by atoms with Crippen LogP contribution in [-0.2, 0) is 16.8 Å². The molecule has 0 unspecified atom stereocenters. The topological polar surface area (TPSA) is 82.8 Å². The fraction of sp³-hybridized carbons (Fsp3) is 0.706. The molecular weight excluding hydrogens is 433 g/mol. The van der Waals surface area contributed by atoms with Gasteiger partial charge in [-0.2, -0.15) is 0 Å². The Labute approximate surface area is 168 Å². The predicted octanol–water partition coefficient (Wildman–Crippen LogP) is 2.51.